The molecule has 0 spiro atoms. The predicted octanol–water partition coefficient (Wildman–Crippen LogP) is 3.66. The summed E-state index contributed by atoms with van der Waals surface area (Å²) < 4.78 is 5.45. The van der Waals surface area contributed by atoms with E-state index in [1.54, 1.807) is 29.5 Å². The maximum absolute atomic E-state index is 11.8. The van der Waals surface area contributed by atoms with Crippen LogP contribution in [0, 0.1) is 13.8 Å². The van der Waals surface area contributed by atoms with Gasteiger partial charge in [0.2, 0.25) is 5.91 Å². The molecular formula is C15H16N2O2S. The number of furan rings is 1. The minimum Gasteiger partial charge on any atom is -0.469 e. The minimum atomic E-state index is -0.0304. The van der Waals surface area contributed by atoms with Crippen LogP contribution in [0.5, 0.6) is 0 Å². The van der Waals surface area contributed by atoms with Crippen molar-refractivity contribution in [1.29, 1.82) is 0 Å². The molecule has 104 valence electrons. The standard InChI is InChI=1S/C15H16N2O2S/c1-9-8-19-10(2)15(9)12-7-13(14-5-4-6-20-14)17(16-12)11(3)18/h4-6,8,13H,7H2,1-3H3/t13-/m1/s1. The quantitative estimate of drug-likeness (QED) is 0.846. The molecule has 0 aliphatic carbocycles. The SMILES string of the molecule is CC(=O)N1N=C(c2c(C)coc2C)C[C@@H]1c1cccs1. The van der Waals surface area contributed by atoms with Gasteiger partial charge in [-0.3, -0.25) is 4.79 Å². The number of thiophene rings is 1. The molecule has 0 fully saturated rings. The molecule has 0 unspecified atom stereocenters. The summed E-state index contributed by atoms with van der Waals surface area (Å²) in [6, 6.07) is 4.07. The van der Waals surface area contributed by atoms with Crippen LogP contribution in [0.1, 0.15) is 41.2 Å². The van der Waals surface area contributed by atoms with E-state index in [1.165, 1.54) is 0 Å². The summed E-state index contributed by atoms with van der Waals surface area (Å²) in [5, 5.41) is 8.15. The Morgan fingerprint density at radius 2 is 2.30 bits per heavy atom. The second-order valence-corrected chi connectivity index (χ2v) is 5.97. The highest BCUT2D eigenvalue weighted by Crippen LogP contribution is 2.36. The van der Waals surface area contributed by atoms with E-state index < -0.39 is 0 Å². The van der Waals surface area contributed by atoms with Crippen molar-refractivity contribution in [1.82, 2.24) is 5.01 Å². The van der Waals surface area contributed by atoms with Gasteiger partial charge in [-0.1, -0.05) is 6.07 Å². The van der Waals surface area contributed by atoms with Crippen LogP contribution in [-0.2, 0) is 4.79 Å². The third-order valence-electron chi connectivity index (χ3n) is 3.55. The van der Waals surface area contributed by atoms with Gasteiger partial charge in [-0.15, -0.1) is 11.3 Å². The van der Waals surface area contributed by atoms with E-state index in [0.29, 0.717) is 0 Å². The lowest BCUT2D eigenvalue weighted by Gasteiger charge is -2.18. The first-order valence-corrected chi connectivity index (χ1v) is 7.41. The summed E-state index contributed by atoms with van der Waals surface area (Å²) in [4.78, 5) is 13.0. The highest BCUT2D eigenvalue weighted by molar-refractivity contribution is 7.10. The Kier molecular flexibility index (Phi) is 3.22. The number of amides is 1. The van der Waals surface area contributed by atoms with Gasteiger partial charge < -0.3 is 4.42 Å². The average Bonchev–Trinajstić information content (AvgIpc) is 3.08. The van der Waals surface area contributed by atoms with Crippen molar-refractivity contribution in [3.63, 3.8) is 0 Å². The third kappa shape index (κ3) is 2.08. The molecule has 0 aromatic carbocycles. The van der Waals surface area contributed by atoms with Crippen LogP contribution in [0.3, 0.4) is 0 Å². The molecule has 2 aromatic rings. The number of nitrogens with zero attached hydrogens (tertiary/aromatic N) is 2. The second kappa shape index (κ2) is 4.90. The van der Waals surface area contributed by atoms with E-state index in [9.17, 15) is 4.79 Å². The van der Waals surface area contributed by atoms with E-state index in [4.69, 9.17) is 4.42 Å². The molecule has 0 radical (unpaired) electrons. The van der Waals surface area contributed by atoms with E-state index in [0.717, 1.165) is 33.9 Å². The van der Waals surface area contributed by atoms with Crippen molar-refractivity contribution in [3.8, 4) is 0 Å². The zero-order valence-corrected chi connectivity index (χ0v) is 12.5. The second-order valence-electron chi connectivity index (χ2n) is 5.00. The van der Waals surface area contributed by atoms with E-state index in [1.807, 2.05) is 25.3 Å². The summed E-state index contributed by atoms with van der Waals surface area (Å²) >= 11 is 1.66. The Hall–Kier alpha value is -1.88. The topological polar surface area (TPSA) is 45.8 Å². The van der Waals surface area contributed by atoms with Gasteiger partial charge in [-0.05, 0) is 30.9 Å². The largest absolute Gasteiger partial charge is 0.469 e. The maximum atomic E-state index is 11.8. The fourth-order valence-corrected chi connectivity index (χ4v) is 3.47. The smallest absolute Gasteiger partial charge is 0.240 e. The van der Waals surface area contributed by atoms with E-state index in [2.05, 4.69) is 11.2 Å². The van der Waals surface area contributed by atoms with Crippen LogP contribution in [0.15, 0.2) is 33.3 Å². The number of carbonyl (C=O) groups excluding carboxylic acids is 1. The van der Waals surface area contributed by atoms with Crippen LogP contribution in [0.4, 0.5) is 0 Å². The molecule has 0 N–H and O–H groups in total. The summed E-state index contributed by atoms with van der Waals surface area (Å²) in [7, 11) is 0. The first-order chi connectivity index (χ1) is 9.58. The fourth-order valence-electron chi connectivity index (χ4n) is 2.66. The number of hydrogen-bond acceptors (Lipinski definition) is 4. The fraction of sp³-hybridized carbons (Fsp3) is 0.333. The molecular weight excluding hydrogens is 272 g/mol. The molecule has 1 aliphatic rings. The molecule has 3 heterocycles. The van der Waals surface area contributed by atoms with Crippen LogP contribution < -0.4 is 0 Å². The summed E-state index contributed by atoms with van der Waals surface area (Å²) in [6.45, 7) is 5.49. The van der Waals surface area contributed by atoms with Crippen LogP contribution in [0.2, 0.25) is 0 Å². The van der Waals surface area contributed by atoms with Gasteiger partial charge in [0, 0.05) is 23.8 Å². The normalized spacial score (nSPS) is 18.4. The van der Waals surface area contributed by atoms with Crippen molar-refractivity contribution in [2.45, 2.75) is 33.2 Å². The van der Waals surface area contributed by atoms with Gasteiger partial charge in [0.15, 0.2) is 0 Å². The summed E-state index contributed by atoms with van der Waals surface area (Å²) in [5.41, 5.74) is 3.04. The van der Waals surface area contributed by atoms with E-state index in [-0.39, 0.29) is 11.9 Å². The van der Waals surface area contributed by atoms with E-state index >= 15 is 0 Å². The lowest BCUT2D eigenvalue weighted by Crippen LogP contribution is -2.23. The predicted molar refractivity (Wildman–Crippen MR) is 78.9 cm³/mol. The zero-order chi connectivity index (χ0) is 14.3. The highest BCUT2D eigenvalue weighted by atomic mass is 32.1. The molecule has 5 heteroatoms. The van der Waals surface area contributed by atoms with Crippen LogP contribution >= 0.6 is 11.3 Å². The van der Waals surface area contributed by atoms with Crippen molar-refractivity contribution in [3.05, 3.63) is 45.5 Å². The Morgan fingerprint density at radius 3 is 2.85 bits per heavy atom. The molecule has 20 heavy (non-hydrogen) atoms. The van der Waals surface area contributed by atoms with Crippen molar-refractivity contribution < 1.29 is 9.21 Å². The Bertz CT molecular complexity index is 651. The van der Waals surface area contributed by atoms with Crippen molar-refractivity contribution in [2.24, 2.45) is 5.10 Å². The number of aryl methyl sites for hydroxylation is 2. The van der Waals surface area contributed by atoms with Gasteiger partial charge in [-0.2, -0.15) is 5.10 Å². The van der Waals surface area contributed by atoms with Gasteiger partial charge in [0.1, 0.15) is 5.76 Å². The van der Waals surface area contributed by atoms with Crippen molar-refractivity contribution >= 4 is 23.0 Å². The average molecular weight is 288 g/mol. The molecule has 1 aliphatic heterocycles. The van der Waals surface area contributed by atoms with Gasteiger partial charge in [0.05, 0.1) is 18.0 Å². The molecule has 2 aromatic heterocycles. The Morgan fingerprint density at radius 1 is 1.50 bits per heavy atom. The monoisotopic (exact) mass is 288 g/mol. The molecule has 4 nitrogen and oxygen atoms in total. The lowest BCUT2D eigenvalue weighted by atomic mass is 10.0. The van der Waals surface area contributed by atoms with Gasteiger partial charge in [0.25, 0.3) is 0 Å². The Balaban J connectivity index is 1.99. The van der Waals surface area contributed by atoms with Gasteiger partial charge in [-0.25, -0.2) is 5.01 Å². The lowest BCUT2D eigenvalue weighted by molar-refractivity contribution is -0.130. The van der Waals surface area contributed by atoms with Crippen molar-refractivity contribution in [2.75, 3.05) is 0 Å². The molecule has 0 saturated carbocycles. The Labute approximate surface area is 121 Å². The van der Waals surface area contributed by atoms with Gasteiger partial charge >= 0.3 is 0 Å². The molecule has 0 bridgehead atoms. The summed E-state index contributed by atoms with van der Waals surface area (Å²) in [6.07, 6.45) is 2.48. The first-order valence-electron chi connectivity index (χ1n) is 6.53. The number of rotatable bonds is 2. The number of hydrazone groups is 1. The molecule has 0 saturated heterocycles. The molecule has 3 rings (SSSR count). The first kappa shape index (κ1) is 13.1. The highest BCUT2D eigenvalue weighted by Gasteiger charge is 2.33. The molecule has 1 amide bonds. The number of hydrogen-bond donors (Lipinski definition) is 0. The molecule has 1 atom stereocenters. The third-order valence-corrected chi connectivity index (χ3v) is 4.53. The summed E-state index contributed by atoms with van der Waals surface area (Å²) in [5.74, 6) is 0.828. The van der Waals surface area contributed by atoms with Crippen LogP contribution in [-0.4, -0.2) is 16.6 Å². The van der Waals surface area contributed by atoms with Crippen LogP contribution in [0.25, 0.3) is 0 Å². The maximum Gasteiger partial charge on any atom is 0.240 e. The zero-order valence-electron chi connectivity index (χ0n) is 11.7. The number of carbonyl (C=O) groups is 1. The minimum absolute atomic E-state index is 0.0104.